The Morgan fingerprint density at radius 3 is 2.62 bits per heavy atom. The first-order valence-electron chi connectivity index (χ1n) is 6.06. The van der Waals surface area contributed by atoms with Gasteiger partial charge >= 0.3 is 0 Å². The van der Waals surface area contributed by atoms with E-state index in [4.69, 9.17) is 26.3 Å². The fourth-order valence-corrected chi connectivity index (χ4v) is 2.37. The Morgan fingerprint density at radius 1 is 1.29 bits per heavy atom. The Morgan fingerprint density at radius 2 is 2.00 bits per heavy atom. The molecule has 0 radical (unpaired) electrons. The lowest BCUT2D eigenvalue weighted by Gasteiger charge is -2.14. The molecule has 6 heteroatoms. The van der Waals surface area contributed by atoms with Crippen LogP contribution in [0.5, 0.6) is 11.5 Å². The van der Waals surface area contributed by atoms with Gasteiger partial charge in [-0.3, -0.25) is 0 Å². The molecule has 4 nitrogen and oxygen atoms in total. The van der Waals surface area contributed by atoms with Crippen molar-refractivity contribution in [3.63, 3.8) is 0 Å². The van der Waals surface area contributed by atoms with Crippen LogP contribution in [0.4, 0.5) is 0 Å². The summed E-state index contributed by atoms with van der Waals surface area (Å²) < 4.78 is 11.9. The molecule has 0 saturated carbocycles. The highest BCUT2D eigenvalue weighted by Crippen LogP contribution is 2.34. The number of halogens is 2. The summed E-state index contributed by atoms with van der Waals surface area (Å²) in [5.41, 5.74) is 1.58. The second-order valence-corrected chi connectivity index (χ2v) is 5.54. The minimum atomic E-state index is 0.349. The van der Waals surface area contributed by atoms with Crippen LogP contribution < -0.4 is 9.47 Å². The lowest BCUT2D eigenvalue weighted by molar-refractivity contribution is 0.283. The van der Waals surface area contributed by atoms with Gasteiger partial charge in [0.25, 0.3) is 0 Å². The van der Waals surface area contributed by atoms with E-state index < -0.39 is 0 Å². The molecule has 110 valence electrons. The monoisotopic (exact) mass is 369 g/mol. The molecule has 2 rings (SSSR count). The second kappa shape index (κ2) is 7.33. The van der Waals surface area contributed by atoms with Crippen LogP contribution in [0.15, 0.2) is 46.0 Å². The summed E-state index contributed by atoms with van der Waals surface area (Å²) in [7, 11) is 1.55. The van der Waals surface area contributed by atoms with Crippen LogP contribution >= 0.6 is 27.5 Å². The number of hydrogen-bond acceptors (Lipinski definition) is 4. The van der Waals surface area contributed by atoms with Crippen LogP contribution in [0.2, 0.25) is 5.02 Å². The average molecular weight is 371 g/mol. The molecule has 0 fully saturated rings. The number of ether oxygens (including phenoxy) is 2. The van der Waals surface area contributed by atoms with Gasteiger partial charge in [0, 0.05) is 15.1 Å². The topological polar surface area (TPSA) is 51.0 Å². The van der Waals surface area contributed by atoms with Crippen molar-refractivity contribution < 1.29 is 14.7 Å². The first-order valence-corrected chi connectivity index (χ1v) is 7.23. The van der Waals surface area contributed by atoms with Gasteiger partial charge in [0.15, 0.2) is 11.5 Å². The molecule has 2 aromatic rings. The number of hydrogen-bond donors (Lipinski definition) is 1. The fraction of sp³-hybridized carbons (Fsp3) is 0.133. The van der Waals surface area contributed by atoms with Gasteiger partial charge in [-0.05, 0) is 29.8 Å². The van der Waals surface area contributed by atoms with Gasteiger partial charge in [-0.25, -0.2) is 0 Å². The highest BCUT2D eigenvalue weighted by atomic mass is 79.9. The van der Waals surface area contributed by atoms with Gasteiger partial charge in [0.1, 0.15) is 6.61 Å². The van der Waals surface area contributed by atoms with Crippen LogP contribution in [-0.2, 0) is 6.61 Å². The Labute approximate surface area is 136 Å². The lowest BCUT2D eigenvalue weighted by Crippen LogP contribution is -2.01. The van der Waals surface area contributed by atoms with E-state index in [9.17, 15) is 0 Å². The second-order valence-electron chi connectivity index (χ2n) is 4.19. The van der Waals surface area contributed by atoms with Gasteiger partial charge < -0.3 is 14.7 Å². The summed E-state index contributed by atoms with van der Waals surface area (Å²) >= 11 is 9.22. The Bertz CT molecular complexity index is 644. The normalized spacial score (nSPS) is 10.8. The lowest BCUT2D eigenvalue weighted by atomic mass is 10.2. The number of rotatable bonds is 5. The highest BCUT2D eigenvalue weighted by molar-refractivity contribution is 9.10. The minimum absolute atomic E-state index is 0.349. The van der Waals surface area contributed by atoms with E-state index in [0.29, 0.717) is 28.7 Å². The van der Waals surface area contributed by atoms with Crippen LogP contribution in [0.25, 0.3) is 0 Å². The molecule has 0 spiro atoms. The zero-order valence-corrected chi connectivity index (χ0v) is 13.6. The highest BCUT2D eigenvalue weighted by Gasteiger charge is 2.12. The zero-order valence-electron chi connectivity index (χ0n) is 11.2. The van der Waals surface area contributed by atoms with E-state index >= 15 is 0 Å². The molecule has 0 aliphatic carbocycles. The van der Waals surface area contributed by atoms with Crippen LogP contribution in [0, 0.1) is 0 Å². The van der Waals surface area contributed by atoms with Crippen molar-refractivity contribution >= 4 is 33.7 Å². The van der Waals surface area contributed by atoms with Gasteiger partial charge in [-0.15, -0.1) is 0 Å². The van der Waals surface area contributed by atoms with Gasteiger partial charge in [-0.2, -0.15) is 0 Å². The third kappa shape index (κ3) is 4.12. The maximum Gasteiger partial charge on any atom is 0.170 e. The van der Waals surface area contributed by atoms with Crippen molar-refractivity contribution in [1.29, 1.82) is 0 Å². The molecular weight excluding hydrogens is 358 g/mol. The Hall–Kier alpha value is -1.72. The Balaban J connectivity index is 2.27. The van der Waals surface area contributed by atoms with E-state index in [1.165, 1.54) is 6.21 Å². The van der Waals surface area contributed by atoms with Crippen molar-refractivity contribution in [2.45, 2.75) is 6.61 Å². The molecule has 21 heavy (non-hydrogen) atoms. The largest absolute Gasteiger partial charge is 0.493 e. The Kier molecular flexibility index (Phi) is 5.47. The van der Waals surface area contributed by atoms with Gasteiger partial charge in [0.05, 0.1) is 13.3 Å². The molecular formula is C15H13BrClNO3. The van der Waals surface area contributed by atoms with E-state index in [2.05, 4.69) is 21.1 Å². The third-order valence-electron chi connectivity index (χ3n) is 2.76. The molecule has 1 N–H and O–H groups in total. The molecule has 0 saturated heterocycles. The SMILES string of the molecule is COc1cc(Br)cc(C=NO)c1OCc1ccc(Cl)cc1. The van der Waals surface area contributed by atoms with E-state index in [1.807, 2.05) is 12.1 Å². The minimum Gasteiger partial charge on any atom is -0.493 e. The quantitative estimate of drug-likeness (QED) is 0.479. The van der Waals surface area contributed by atoms with Crippen LogP contribution in [-0.4, -0.2) is 18.5 Å². The summed E-state index contributed by atoms with van der Waals surface area (Å²) in [4.78, 5) is 0. The smallest absolute Gasteiger partial charge is 0.170 e. The number of oxime groups is 1. The summed E-state index contributed by atoms with van der Waals surface area (Å²) in [6.07, 6.45) is 1.30. The van der Waals surface area contributed by atoms with Crippen molar-refractivity contribution in [1.82, 2.24) is 0 Å². The van der Waals surface area contributed by atoms with Crippen LogP contribution in [0.1, 0.15) is 11.1 Å². The van der Waals surface area contributed by atoms with E-state index in [-0.39, 0.29) is 0 Å². The predicted molar refractivity (Wildman–Crippen MR) is 85.9 cm³/mol. The summed E-state index contributed by atoms with van der Waals surface area (Å²) in [5.74, 6) is 1.06. The summed E-state index contributed by atoms with van der Waals surface area (Å²) in [6, 6.07) is 10.9. The zero-order chi connectivity index (χ0) is 15.2. The number of benzene rings is 2. The molecule has 0 unspecified atom stereocenters. The van der Waals surface area contributed by atoms with Crippen molar-refractivity contribution in [3.8, 4) is 11.5 Å². The van der Waals surface area contributed by atoms with Crippen molar-refractivity contribution in [2.75, 3.05) is 7.11 Å². The third-order valence-corrected chi connectivity index (χ3v) is 3.47. The van der Waals surface area contributed by atoms with Gasteiger partial charge in [0.2, 0.25) is 0 Å². The molecule has 0 bridgehead atoms. The summed E-state index contributed by atoms with van der Waals surface area (Å²) in [6.45, 7) is 0.349. The number of nitrogens with zero attached hydrogens (tertiary/aromatic N) is 1. The first-order chi connectivity index (χ1) is 10.1. The van der Waals surface area contributed by atoms with E-state index in [0.717, 1.165) is 10.0 Å². The molecule has 2 aromatic carbocycles. The van der Waals surface area contributed by atoms with Gasteiger partial charge in [-0.1, -0.05) is 44.8 Å². The van der Waals surface area contributed by atoms with Crippen LogP contribution in [0.3, 0.4) is 0 Å². The van der Waals surface area contributed by atoms with Crippen molar-refractivity contribution in [2.24, 2.45) is 5.16 Å². The summed E-state index contributed by atoms with van der Waals surface area (Å²) in [5, 5.41) is 12.5. The van der Waals surface area contributed by atoms with Crippen molar-refractivity contribution in [3.05, 3.63) is 57.0 Å². The molecule has 0 amide bonds. The molecule has 0 heterocycles. The fourth-order valence-electron chi connectivity index (χ4n) is 1.79. The molecule has 0 aromatic heterocycles. The molecule has 0 aliphatic heterocycles. The number of methoxy groups -OCH3 is 1. The standard InChI is InChI=1S/C15H13BrClNO3/c1-20-14-7-12(16)6-11(8-18-19)15(14)21-9-10-2-4-13(17)5-3-10/h2-8,19H,9H2,1H3. The van der Waals surface area contributed by atoms with E-state index in [1.54, 1.807) is 31.4 Å². The average Bonchev–Trinajstić information content (AvgIpc) is 2.47. The maximum absolute atomic E-state index is 8.76. The predicted octanol–water partition coefficient (Wildman–Crippen LogP) is 4.50. The first kappa shape index (κ1) is 15.7. The maximum atomic E-state index is 8.76. The molecule has 0 atom stereocenters. The molecule has 0 aliphatic rings.